The van der Waals surface area contributed by atoms with E-state index in [9.17, 15) is 18.0 Å². The number of ether oxygens (including phenoxy) is 1. The van der Waals surface area contributed by atoms with Crippen LogP contribution in [-0.2, 0) is 32.6 Å². The second-order valence-corrected chi connectivity index (χ2v) is 14.0. The van der Waals surface area contributed by atoms with Crippen LogP contribution < -0.4 is 14.4 Å². The van der Waals surface area contributed by atoms with Crippen LogP contribution in [0.15, 0.2) is 77.3 Å². The quantitative estimate of drug-likeness (QED) is 0.209. The molecule has 11 heteroatoms. The van der Waals surface area contributed by atoms with Crippen molar-refractivity contribution in [2.75, 3.05) is 30.8 Å². The first kappa shape index (κ1) is 34.4. The van der Waals surface area contributed by atoms with Gasteiger partial charge in [0.25, 0.3) is 0 Å². The van der Waals surface area contributed by atoms with Gasteiger partial charge in [-0.3, -0.25) is 13.9 Å². The summed E-state index contributed by atoms with van der Waals surface area (Å²) in [5.74, 6) is 0.190. The van der Waals surface area contributed by atoms with Crippen molar-refractivity contribution in [1.29, 1.82) is 0 Å². The van der Waals surface area contributed by atoms with Crippen LogP contribution in [0, 0.1) is 5.92 Å². The van der Waals surface area contributed by atoms with E-state index in [1.807, 2.05) is 68.4 Å². The van der Waals surface area contributed by atoms with E-state index in [2.05, 4.69) is 21.2 Å². The molecule has 1 N–H and O–H groups in total. The Balaban J connectivity index is 1.89. The summed E-state index contributed by atoms with van der Waals surface area (Å²) < 4.78 is 32.7. The first-order valence-electron chi connectivity index (χ1n) is 14.1. The third-order valence-electron chi connectivity index (χ3n) is 6.77. The molecule has 0 aliphatic heterocycles. The molecule has 43 heavy (non-hydrogen) atoms. The lowest BCUT2D eigenvalue weighted by atomic mass is 10.0. The number of anilines is 1. The fourth-order valence-electron chi connectivity index (χ4n) is 4.62. The Morgan fingerprint density at radius 2 is 1.70 bits per heavy atom. The van der Waals surface area contributed by atoms with Crippen molar-refractivity contribution in [2.24, 2.45) is 5.92 Å². The molecule has 0 saturated carbocycles. The molecule has 0 bridgehead atoms. The first-order chi connectivity index (χ1) is 20.4. The van der Waals surface area contributed by atoms with Crippen LogP contribution >= 0.6 is 27.5 Å². The Morgan fingerprint density at radius 3 is 2.30 bits per heavy atom. The Bertz CT molecular complexity index is 1490. The van der Waals surface area contributed by atoms with Crippen LogP contribution in [0.4, 0.5) is 5.69 Å². The van der Waals surface area contributed by atoms with E-state index in [0.717, 1.165) is 21.9 Å². The number of benzene rings is 3. The molecule has 3 rings (SSSR count). The summed E-state index contributed by atoms with van der Waals surface area (Å²) >= 11 is 9.77. The zero-order valence-corrected chi connectivity index (χ0v) is 28.1. The van der Waals surface area contributed by atoms with Gasteiger partial charge in [-0.15, -0.1) is 0 Å². The summed E-state index contributed by atoms with van der Waals surface area (Å²) in [6.45, 7) is 4.78. The zero-order valence-electron chi connectivity index (χ0n) is 24.9. The molecule has 0 aliphatic carbocycles. The molecule has 1 atom stereocenters. The molecule has 3 aromatic rings. The molecule has 0 aliphatic rings. The fraction of sp³-hybridized carbons (Fsp3) is 0.375. The number of methoxy groups -OCH3 is 1. The molecule has 0 fully saturated rings. The minimum absolute atomic E-state index is 0.0344. The van der Waals surface area contributed by atoms with Gasteiger partial charge in [-0.25, -0.2) is 8.42 Å². The lowest BCUT2D eigenvalue weighted by Crippen LogP contribution is -2.51. The predicted octanol–water partition coefficient (Wildman–Crippen LogP) is 6.07. The standard InChI is InChI=1S/C32H39BrClN3O5S/c1-23(2)21-35-32(39)29(19-24-10-6-5-7-11-24)36(22-25-12-8-13-26(33)18-25)31(38)14-9-17-37(43(4,40)41)27-15-16-30(42-3)28(34)20-27/h5-8,10-13,15-16,18,20,23,29H,9,14,17,19,21-22H2,1-4H3,(H,35,39)/t29-/m0/s1. The molecule has 3 aromatic carbocycles. The van der Waals surface area contributed by atoms with Crippen molar-refractivity contribution >= 4 is 55.1 Å². The normalized spacial score (nSPS) is 12.1. The summed E-state index contributed by atoms with van der Waals surface area (Å²) in [6, 6.07) is 21.2. The monoisotopic (exact) mass is 691 g/mol. The number of amides is 2. The summed E-state index contributed by atoms with van der Waals surface area (Å²) in [7, 11) is -2.19. The molecule has 0 unspecified atom stereocenters. The number of carbonyl (C=O) groups excluding carboxylic acids is 2. The molecule has 0 heterocycles. The van der Waals surface area contributed by atoms with Gasteiger partial charge in [0.05, 0.1) is 24.1 Å². The van der Waals surface area contributed by atoms with E-state index in [4.69, 9.17) is 16.3 Å². The number of hydrogen-bond acceptors (Lipinski definition) is 5. The SMILES string of the molecule is COc1ccc(N(CCCC(=O)N(Cc2cccc(Br)c2)[C@@H](Cc2ccccc2)C(=O)NCC(C)C)S(C)(=O)=O)cc1Cl. The number of sulfonamides is 1. The number of halogens is 2. The molecule has 0 spiro atoms. The Kier molecular flexibility index (Phi) is 12.9. The highest BCUT2D eigenvalue weighted by molar-refractivity contribution is 9.10. The maximum absolute atomic E-state index is 13.9. The van der Waals surface area contributed by atoms with E-state index in [1.54, 1.807) is 17.0 Å². The van der Waals surface area contributed by atoms with Gasteiger partial charge >= 0.3 is 0 Å². The van der Waals surface area contributed by atoms with Crippen LogP contribution in [-0.4, -0.2) is 57.6 Å². The molecular formula is C32H39BrClN3O5S. The van der Waals surface area contributed by atoms with Gasteiger partial charge in [-0.05, 0) is 53.8 Å². The van der Waals surface area contributed by atoms with Gasteiger partial charge in [-0.2, -0.15) is 0 Å². The second kappa shape index (κ2) is 16.1. The molecule has 2 amide bonds. The van der Waals surface area contributed by atoms with Gasteiger partial charge in [0.15, 0.2) is 0 Å². The van der Waals surface area contributed by atoms with Crippen LogP contribution in [0.1, 0.15) is 37.8 Å². The fourth-order valence-corrected chi connectivity index (χ4v) is 6.28. The highest BCUT2D eigenvalue weighted by Crippen LogP contribution is 2.30. The predicted molar refractivity (Wildman–Crippen MR) is 176 cm³/mol. The minimum Gasteiger partial charge on any atom is -0.495 e. The highest BCUT2D eigenvalue weighted by Gasteiger charge is 2.30. The number of carbonyl (C=O) groups is 2. The summed E-state index contributed by atoms with van der Waals surface area (Å²) in [6.07, 6.45) is 1.72. The lowest BCUT2D eigenvalue weighted by Gasteiger charge is -2.32. The number of hydrogen-bond donors (Lipinski definition) is 1. The number of nitrogens with zero attached hydrogens (tertiary/aromatic N) is 2. The molecule has 8 nitrogen and oxygen atoms in total. The van der Waals surface area contributed by atoms with E-state index in [-0.39, 0.29) is 48.7 Å². The highest BCUT2D eigenvalue weighted by atomic mass is 79.9. The van der Waals surface area contributed by atoms with Crippen LogP contribution in [0.3, 0.4) is 0 Å². The maximum atomic E-state index is 13.9. The van der Waals surface area contributed by atoms with Crippen molar-refractivity contribution in [1.82, 2.24) is 10.2 Å². The van der Waals surface area contributed by atoms with Gasteiger partial charge in [0.1, 0.15) is 11.8 Å². The average Bonchev–Trinajstić information content (AvgIpc) is 2.95. The maximum Gasteiger partial charge on any atom is 0.243 e. The van der Waals surface area contributed by atoms with Crippen molar-refractivity contribution in [2.45, 2.75) is 45.7 Å². The van der Waals surface area contributed by atoms with E-state index in [1.165, 1.54) is 17.5 Å². The Hall–Kier alpha value is -3.08. The summed E-state index contributed by atoms with van der Waals surface area (Å²) in [5, 5.41) is 3.29. The Morgan fingerprint density at radius 1 is 1.00 bits per heavy atom. The molecular weight excluding hydrogens is 654 g/mol. The van der Waals surface area contributed by atoms with Crippen molar-refractivity contribution in [3.05, 3.63) is 93.4 Å². The van der Waals surface area contributed by atoms with E-state index >= 15 is 0 Å². The van der Waals surface area contributed by atoms with Crippen molar-refractivity contribution in [3.63, 3.8) is 0 Å². The topological polar surface area (TPSA) is 96.0 Å². The van der Waals surface area contributed by atoms with Gasteiger partial charge in [-0.1, -0.05) is 83.8 Å². The number of rotatable bonds is 15. The molecule has 0 radical (unpaired) electrons. The van der Waals surface area contributed by atoms with E-state index in [0.29, 0.717) is 24.4 Å². The van der Waals surface area contributed by atoms with Gasteiger partial charge in [0, 0.05) is 36.9 Å². The van der Waals surface area contributed by atoms with Gasteiger partial charge in [0.2, 0.25) is 21.8 Å². The molecule has 0 saturated heterocycles. The van der Waals surface area contributed by atoms with E-state index < -0.39 is 16.1 Å². The third-order valence-corrected chi connectivity index (χ3v) is 8.76. The third kappa shape index (κ3) is 10.5. The van der Waals surface area contributed by atoms with Crippen molar-refractivity contribution < 1.29 is 22.7 Å². The lowest BCUT2D eigenvalue weighted by molar-refractivity contribution is -0.141. The smallest absolute Gasteiger partial charge is 0.243 e. The van der Waals surface area contributed by atoms with Crippen LogP contribution in [0.5, 0.6) is 5.75 Å². The first-order valence-corrected chi connectivity index (χ1v) is 17.1. The molecule has 232 valence electrons. The largest absolute Gasteiger partial charge is 0.495 e. The summed E-state index contributed by atoms with van der Waals surface area (Å²) in [5.41, 5.74) is 2.17. The number of nitrogens with one attached hydrogen (secondary N) is 1. The average molecular weight is 693 g/mol. The van der Waals surface area contributed by atoms with Crippen LogP contribution in [0.2, 0.25) is 5.02 Å². The second-order valence-electron chi connectivity index (χ2n) is 10.8. The summed E-state index contributed by atoms with van der Waals surface area (Å²) in [4.78, 5) is 29.2. The zero-order chi connectivity index (χ0) is 31.6. The Labute approximate surface area is 268 Å². The minimum atomic E-state index is -3.67. The van der Waals surface area contributed by atoms with Crippen LogP contribution in [0.25, 0.3) is 0 Å². The van der Waals surface area contributed by atoms with Crippen molar-refractivity contribution in [3.8, 4) is 5.75 Å². The molecule has 0 aromatic heterocycles. The van der Waals surface area contributed by atoms with Gasteiger partial charge < -0.3 is 15.0 Å².